The van der Waals surface area contributed by atoms with Crippen LogP contribution >= 0.6 is 23.4 Å². The molecule has 1 aromatic rings. The molecule has 2 aliphatic rings. The molecule has 2 aliphatic heterocycles. The number of hydrogen-bond donors (Lipinski definition) is 2. The van der Waals surface area contributed by atoms with Gasteiger partial charge in [0.1, 0.15) is 5.82 Å². The van der Waals surface area contributed by atoms with Crippen molar-refractivity contribution in [1.29, 1.82) is 0 Å². The van der Waals surface area contributed by atoms with Crippen LogP contribution < -0.4 is 10.6 Å². The summed E-state index contributed by atoms with van der Waals surface area (Å²) in [5, 5.41) is 6.50. The second-order valence-electron chi connectivity index (χ2n) is 6.34. The minimum atomic E-state index is -0.347. The number of amides is 1. The Kier molecular flexibility index (Phi) is 6.57. The molecule has 2 saturated heterocycles. The van der Waals surface area contributed by atoms with Gasteiger partial charge in [-0.05, 0) is 19.1 Å². The molecule has 0 spiro atoms. The molecule has 0 saturated carbocycles. The number of carbonyl (C=O) groups is 1. The third kappa shape index (κ3) is 4.65. The third-order valence-electron chi connectivity index (χ3n) is 4.55. The maximum absolute atomic E-state index is 14.5. The molecule has 0 bridgehead atoms. The first-order valence-electron chi connectivity index (χ1n) is 8.44. The van der Waals surface area contributed by atoms with Gasteiger partial charge in [0.05, 0.1) is 24.8 Å². The Hall–Kier alpha value is -0.860. The molecule has 0 aromatic heterocycles. The van der Waals surface area contributed by atoms with Gasteiger partial charge in [0, 0.05) is 41.8 Å². The van der Waals surface area contributed by atoms with Gasteiger partial charge in [-0.2, -0.15) is 0 Å². The van der Waals surface area contributed by atoms with Crippen LogP contribution in [-0.2, 0) is 9.53 Å². The van der Waals surface area contributed by atoms with E-state index >= 15 is 0 Å². The average molecular weight is 388 g/mol. The Morgan fingerprint density at radius 3 is 3.12 bits per heavy atom. The van der Waals surface area contributed by atoms with Gasteiger partial charge in [0.15, 0.2) is 0 Å². The first kappa shape index (κ1) is 18.9. The Balaban J connectivity index is 1.77. The Labute approximate surface area is 156 Å². The van der Waals surface area contributed by atoms with Gasteiger partial charge in [-0.25, -0.2) is 4.39 Å². The van der Waals surface area contributed by atoms with E-state index in [0.717, 1.165) is 11.6 Å². The van der Waals surface area contributed by atoms with E-state index in [0.29, 0.717) is 36.8 Å². The minimum absolute atomic E-state index is 0.0521. The van der Waals surface area contributed by atoms with E-state index in [2.05, 4.69) is 15.5 Å². The topological polar surface area (TPSA) is 53.6 Å². The van der Waals surface area contributed by atoms with Gasteiger partial charge in [0.25, 0.3) is 0 Å². The SMILES string of the molecule is C[C@H]1CN([C@@H](CNC(=O)[C@H]2CSCN2)c2c(F)cccc2Cl)CCO1. The number of hydrogen-bond acceptors (Lipinski definition) is 5. The number of morpholine rings is 1. The molecule has 138 valence electrons. The summed E-state index contributed by atoms with van der Waals surface area (Å²) >= 11 is 7.99. The molecule has 25 heavy (non-hydrogen) atoms. The zero-order chi connectivity index (χ0) is 17.8. The summed E-state index contributed by atoms with van der Waals surface area (Å²) in [6.45, 7) is 4.23. The quantitative estimate of drug-likeness (QED) is 0.809. The Bertz CT molecular complexity index is 595. The highest BCUT2D eigenvalue weighted by molar-refractivity contribution is 7.99. The number of halogens is 2. The van der Waals surface area contributed by atoms with E-state index in [4.69, 9.17) is 16.3 Å². The van der Waals surface area contributed by atoms with Crippen LogP contribution in [0.4, 0.5) is 4.39 Å². The number of nitrogens with zero attached hydrogens (tertiary/aromatic N) is 1. The van der Waals surface area contributed by atoms with Crippen molar-refractivity contribution in [3.63, 3.8) is 0 Å². The molecular weight excluding hydrogens is 365 g/mol. The zero-order valence-corrected chi connectivity index (χ0v) is 15.7. The largest absolute Gasteiger partial charge is 0.376 e. The van der Waals surface area contributed by atoms with Gasteiger partial charge in [-0.15, -0.1) is 11.8 Å². The van der Waals surface area contributed by atoms with Crippen molar-refractivity contribution < 1.29 is 13.9 Å². The highest BCUT2D eigenvalue weighted by Crippen LogP contribution is 2.31. The normalized spacial score (nSPS) is 25.7. The summed E-state index contributed by atoms with van der Waals surface area (Å²) in [6, 6.07) is 4.19. The van der Waals surface area contributed by atoms with Crippen molar-refractivity contribution in [2.45, 2.75) is 25.1 Å². The maximum Gasteiger partial charge on any atom is 0.238 e. The van der Waals surface area contributed by atoms with Crippen molar-refractivity contribution in [2.24, 2.45) is 0 Å². The number of ether oxygens (including phenoxy) is 1. The van der Waals surface area contributed by atoms with Gasteiger partial charge in [-0.3, -0.25) is 15.0 Å². The van der Waals surface area contributed by atoms with E-state index in [1.165, 1.54) is 6.07 Å². The van der Waals surface area contributed by atoms with Gasteiger partial charge < -0.3 is 10.1 Å². The second kappa shape index (κ2) is 8.68. The van der Waals surface area contributed by atoms with Crippen LogP contribution in [0.3, 0.4) is 0 Å². The second-order valence-corrected chi connectivity index (χ2v) is 7.78. The van der Waals surface area contributed by atoms with Crippen molar-refractivity contribution in [3.8, 4) is 0 Å². The van der Waals surface area contributed by atoms with Gasteiger partial charge >= 0.3 is 0 Å². The summed E-state index contributed by atoms with van der Waals surface area (Å²) in [6.07, 6.45) is 0.0606. The molecule has 8 heteroatoms. The van der Waals surface area contributed by atoms with E-state index in [1.807, 2.05) is 6.92 Å². The van der Waals surface area contributed by atoms with E-state index in [1.54, 1.807) is 23.9 Å². The van der Waals surface area contributed by atoms with Crippen molar-refractivity contribution in [2.75, 3.05) is 37.9 Å². The summed E-state index contributed by atoms with van der Waals surface area (Å²) in [7, 11) is 0. The molecule has 1 amide bonds. The highest BCUT2D eigenvalue weighted by Gasteiger charge is 2.30. The molecule has 0 radical (unpaired) electrons. The lowest BCUT2D eigenvalue weighted by atomic mass is 10.0. The smallest absolute Gasteiger partial charge is 0.238 e. The molecule has 2 heterocycles. The van der Waals surface area contributed by atoms with Crippen LogP contribution in [-0.4, -0.2) is 60.8 Å². The first-order chi connectivity index (χ1) is 12.1. The molecule has 2 fully saturated rings. The number of rotatable bonds is 5. The average Bonchev–Trinajstić information content (AvgIpc) is 3.12. The minimum Gasteiger partial charge on any atom is -0.376 e. The zero-order valence-electron chi connectivity index (χ0n) is 14.1. The lowest BCUT2D eigenvalue weighted by Gasteiger charge is -2.38. The van der Waals surface area contributed by atoms with Crippen LogP contribution in [0.1, 0.15) is 18.5 Å². The standard InChI is InChI=1S/C17H23ClFN3O2S/c1-11-8-22(5-6-24-11)15(16-12(18)3-2-4-13(16)19)7-20-17(23)14-9-25-10-21-14/h2-4,11,14-15,21H,5-10H2,1H3,(H,20,23)/t11-,14+,15-/m0/s1. The fourth-order valence-corrected chi connectivity index (χ4v) is 4.49. The fourth-order valence-electron chi connectivity index (χ4n) is 3.26. The summed E-state index contributed by atoms with van der Waals surface area (Å²) < 4.78 is 20.1. The molecule has 2 N–H and O–H groups in total. The van der Waals surface area contributed by atoms with Gasteiger partial charge in [0.2, 0.25) is 5.91 Å². The van der Waals surface area contributed by atoms with E-state index in [9.17, 15) is 9.18 Å². The molecule has 0 unspecified atom stereocenters. The lowest BCUT2D eigenvalue weighted by molar-refractivity contribution is -0.122. The molecule has 3 rings (SSSR count). The van der Waals surface area contributed by atoms with Crippen LogP contribution in [0.15, 0.2) is 18.2 Å². The Morgan fingerprint density at radius 1 is 1.60 bits per heavy atom. The van der Waals surface area contributed by atoms with Crippen LogP contribution in [0.25, 0.3) is 0 Å². The van der Waals surface area contributed by atoms with E-state index in [-0.39, 0.29) is 29.9 Å². The number of thioether (sulfide) groups is 1. The molecule has 3 atom stereocenters. The highest BCUT2D eigenvalue weighted by atomic mass is 35.5. The van der Waals surface area contributed by atoms with Crippen LogP contribution in [0.5, 0.6) is 0 Å². The third-order valence-corrected chi connectivity index (χ3v) is 5.82. The number of carbonyl (C=O) groups excluding carboxylic acids is 1. The maximum atomic E-state index is 14.5. The van der Waals surface area contributed by atoms with Crippen LogP contribution in [0, 0.1) is 5.82 Å². The number of benzene rings is 1. The predicted octanol–water partition coefficient (Wildman–Crippen LogP) is 2.02. The lowest BCUT2D eigenvalue weighted by Crippen LogP contribution is -2.49. The number of nitrogens with one attached hydrogen (secondary N) is 2. The molecule has 1 aromatic carbocycles. The summed E-state index contributed by atoms with van der Waals surface area (Å²) in [5.74, 6) is 1.14. The van der Waals surface area contributed by atoms with Crippen molar-refractivity contribution in [3.05, 3.63) is 34.6 Å². The summed E-state index contributed by atoms with van der Waals surface area (Å²) in [4.78, 5) is 14.5. The molecule has 5 nitrogen and oxygen atoms in total. The Morgan fingerprint density at radius 2 is 2.44 bits per heavy atom. The van der Waals surface area contributed by atoms with Gasteiger partial charge in [-0.1, -0.05) is 17.7 Å². The summed E-state index contributed by atoms with van der Waals surface area (Å²) in [5.41, 5.74) is 0.437. The molecular formula is C17H23ClFN3O2S. The van der Waals surface area contributed by atoms with Crippen molar-refractivity contribution in [1.82, 2.24) is 15.5 Å². The fraction of sp³-hybridized carbons (Fsp3) is 0.588. The predicted molar refractivity (Wildman–Crippen MR) is 98.4 cm³/mol. The van der Waals surface area contributed by atoms with E-state index < -0.39 is 0 Å². The first-order valence-corrected chi connectivity index (χ1v) is 9.98. The van der Waals surface area contributed by atoms with Crippen LogP contribution in [0.2, 0.25) is 5.02 Å². The monoisotopic (exact) mass is 387 g/mol. The molecule has 0 aliphatic carbocycles. The van der Waals surface area contributed by atoms with Crippen molar-refractivity contribution >= 4 is 29.3 Å².